The van der Waals surface area contributed by atoms with Crippen molar-refractivity contribution < 1.29 is 22.4 Å². The smallest absolute Gasteiger partial charge is 0.322 e. The van der Waals surface area contributed by atoms with Gasteiger partial charge in [-0.15, -0.1) is 0 Å². The Hall–Kier alpha value is -3.16. The highest BCUT2D eigenvalue weighted by Crippen LogP contribution is 2.29. The molecule has 1 heterocycles. The molecule has 0 atom stereocenters. The third-order valence-electron chi connectivity index (χ3n) is 4.08. The Labute approximate surface area is 152 Å². The first kappa shape index (κ1) is 18.6. The van der Waals surface area contributed by atoms with E-state index in [-0.39, 0.29) is 28.1 Å². The second-order valence-corrected chi connectivity index (χ2v) is 5.97. The van der Waals surface area contributed by atoms with Crippen molar-refractivity contribution in [3.63, 3.8) is 0 Å². The first-order chi connectivity index (χ1) is 12.8. The third-order valence-corrected chi connectivity index (χ3v) is 4.08. The van der Waals surface area contributed by atoms with Gasteiger partial charge >= 0.3 is 6.55 Å². The summed E-state index contributed by atoms with van der Waals surface area (Å²) in [5.41, 5.74) is 0.960. The molecule has 140 valence electrons. The van der Waals surface area contributed by atoms with E-state index in [0.717, 1.165) is 18.3 Å². The van der Waals surface area contributed by atoms with Crippen molar-refractivity contribution in [2.45, 2.75) is 20.4 Å². The summed E-state index contributed by atoms with van der Waals surface area (Å²) < 4.78 is 54.3. The van der Waals surface area contributed by atoms with E-state index >= 15 is 0 Å². The highest BCUT2D eigenvalue weighted by atomic mass is 19.3. The number of halogens is 4. The van der Waals surface area contributed by atoms with E-state index in [2.05, 4.69) is 10.4 Å². The summed E-state index contributed by atoms with van der Waals surface area (Å²) in [6.07, 6.45) is 1.05. The van der Waals surface area contributed by atoms with Gasteiger partial charge in [-0.3, -0.25) is 4.79 Å². The van der Waals surface area contributed by atoms with Crippen molar-refractivity contribution in [1.82, 2.24) is 9.78 Å². The van der Waals surface area contributed by atoms with Gasteiger partial charge in [-0.05, 0) is 43.7 Å². The van der Waals surface area contributed by atoms with Gasteiger partial charge in [0.25, 0.3) is 5.91 Å². The van der Waals surface area contributed by atoms with Crippen LogP contribution in [0.1, 0.15) is 28.2 Å². The van der Waals surface area contributed by atoms with Crippen LogP contribution in [0.2, 0.25) is 0 Å². The van der Waals surface area contributed by atoms with Gasteiger partial charge in [-0.25, -0.2) is 13.5 Å². The Morgan fingerprint density at radius 1 is 1.07 bits per heavy atom. The molecule has 0 fully saturated rings. The van der Waals surface area contributed by atoms with E-state index in [1.54, 1.807) is 13.0 Å². The standard InChI is InChI=1S/C19H15F4N3O/c1-10-4-3-5-15(20)17(10)18(27)24-12-6-7-13(16(21)8-12)14-9-26(19(22)23)25-11(14)2/h3-9,19H,1-2H3,(H,24,27). The summed E-state index contributed by atoms with van der Waals surface area (Å²) in [5, 5.41) is 6.08. The van der Waals surface area contributed by atoms with Crippen molar-refractivity contribution >= 4 is 11.6 Å². The van der Waals surface area contributed by atoms with Crippen LogP contribution in [0.5, 0.6) is 0 Å². The van der Waals surface area contributed by atoms with Crippen molar-refractivity contribution in [3.05, 3.63) is 71.1 Å². The fraction of sp³-hybridized carbons (Fsp3) is 0.158. The number of carbonyl (C=O) groups excluding carboxylic acids is 1. The maximum atomic E-state index is 14.5. The molecular weight excluding hydrogens is 362 g/mol. The van der Waals surface area contributed by atoms with Gasteiger partial charge in [0, 0.05) is 23.0 Å². The molecule has 3 aromatic rings. The zero-order valence-corrected chi connectivity index (χ0v) is 14.4. The predicted octanol–water partition coefficient (Wildman–Crippen LogP) is 5.09. The van der Waals surface area contributed by atoms with E-state index in [4.69, 9.17) is 0 Å². The number of benzene rings is 2. The van der Waals surface area contributed by atoms with Gasteiger partial charge in [0.15, 0.2) is 0 Å². The predicted molar refractivity (Wildman–Crippen MR) is 92.7 cm³/mol. The quantitative estimate of drug-likeness (QED) is 0.644. The van der Waals surface area contributed by atoms with Crippen LogP contribution in [0, 0.1) is 25.5 Å². The summed E-state index contributed by atoms with van der Waals surface area (Å²) in [6, 6.07) is 8.03. The molecule has 8 heteroatoms. The lowest BCUT2D eigenvalue weighted by molar-refractivity contribution is 0.0563. The first-order valence-corrected chi connectivity index (χ1v) is 7.98. The molecule has 0 spiro atoms. The highest BCUT2D eigenvalue weighted by molar-refractivity contribution is 6.05. The molecule has 1 N–H and O–H groups in total. The molecule has 0 aliphatic carbocycles. The molecule has 1 amide bonds. The van der Waals surface area contributed by atoms with E-state index in [1.807, 2.05) is 0 Å². The fourth-order valence-electron chi connectivity index (χ4n) is 2.77. The second-order valence-electron chi connectivity index (χ2n) is 5.97. The number of nitrogens with one attached hydrogen (secondary N) is 1. The number of aryl methyl sites for hydroxylation is 2. The van der Waals surface area contributed by atoms with Crippen molar-refractivity contribution in [2.75, 3.05) is 5.32 Å². The zero-order valence-electron chi connectivity index (χ0n) is 14.4. The molecule has 0 aliphatic rings. The monoisotopic (exact) mass is 377 g/mol. The summed E-state index contributed by atoms with van der Waals surface area (Å²) in [5.74, 6) is -2.12. The van der Waals surface area contributed by atoms with Crippen molar-refractivity contribution in [3.8, 4) is 11.1 Å². The molecule has 0 bridgehead atoms. The minimum Gasteiger partial charge on any atom is -0.322 e. The van der Waals surface area contributed by atoms with Crippen LogP contribution in [0.4, 0.5) is 23.2 Å². The molecule has 0 saturated heterocycles. The highest BCUT2D eigenvalue weighted by Gasteiger charge is 2.18. The van der Waals surface area contributed by atoms with Gasteiger partial charge in [-0.2, -0.15) is 13.9 Å². The normalized spacial score (nSPS) is 11.1. The number of aromatic nitrogens is 2. The van der Waals surface area contributed by atoms with Gasteiger partial charge in [0.05, 0.1) is 11.3 Å². The number of carbonyl (C=O) groups is 1. The molecule has 27 heavy (non-hydrogen) atoms. The van der Waals surface area contributed by atoms with Crippen LogP contribution < -0.4 is 5.32 Å². The minimum atomic E-state index is -2.83. The third kappa shape index (κ3) is 3.69. The van der Waals surface area contributed by atoms with Crippen molar-refractivity contribution in [1.29, 1.82) is 0 Å². The summed E-state index contributed by atoms with van der Waals surface area (Å²) in [7, 11) is 0. The fourth-order valence-corrected chi connectivity index (χ4v) is 2.77. The van der Waals surface area contributed by atoms with Gasteiger partial charge in [-0.1, -0.05) is 12.1 Å². The molecule has 3 rings (SSSR count). The Kier molecular flexibility index (Phi) is 4.98. The molecule has 0 aliphatic heterocycles. The molecule has 0 radical (unpaired) electrons. The number of amides is 1. The van der Waals surface area contributed by atoms with Crippen molar-refractivity contribution in [2.24, 2.45) is 0 Å². The number of hydrogen-bond acceptors (Lipinski definition) is 2. The minimum absolute atomic E-state index is 0.0690. The maximum Gasteiger partial charge on any atom is 0.333 e. The van der Waals surface area contributed by atoms with E-state index in [0.29, 0.717) is 10.2 Å². The average Bonchev–Trinajstić information content (AvgIpc) is 2.97. The Morgan fingerprint density at radius 3 is 2.41 bits per heavy atom. The Morgan fingerprint density at radius 2 is 1.81 bits per heavy atom. The first-order valence-electron chi connectivity index (χ1n) is 7.98. The van der Waals surface area contributed by atoms with Gasteiger partial charge < -0.3 is 5.32 Å². The second kappa shape index (κ2) is 7.22. The maximum absolute atomic E-state index is 14.5. The number of alkyl halides is 2. The average molecular weight is 377 g/mol. The van der Waals surface area contributed by atoms with Crippen LogP contribution in [0.15, 0.2) is 42.6 Å². The summed E-state index contributed by atoms with van der Waals surface area (Å²) >= 11 is 0. The van der Waals surface area contributed by atoms with E-state index in [1.165, 1.54) is 25.1 Å². The van der Waals surface area contributed by atoms with Gasteiger partial charge in [0.1, 0.15) is 11.6 Å². The van der Waals surface area contributed by atoms with Gasteiger partial charge in [0.2, 0.25) is 0 Å². The molecule has 1 aromatic heterocycles. The molecular formula is C19H15F4N3O. The molecule has 4 nitrogen and oxygen atoms in total. The lowest BCUT2D eigenvalue weighted by Gasteiger charge is -2.10. The Bertz CT molecular complexity index is 994. The number of anilines is 1. The van der Waals surface area contributed by atoms with E-state index in [9.17, 15) is 22.4 Å². The van der Waals surface area contributed by atoms with Crippen LogP contribution in [-0.4, -0.2) is 15.7 Å². The SMILES string of the molecule is Cc1cccc(F)c1C(=O)Nc1ccc(-c2cn(C(F)F)nc2C)c(F)c1. The van der Waals surface area contributed by atoms with E-state index < -0.39 is 24.1 Å². The zero-order chi connectivity index (χ0) is 19.7. The molecule has 2 aromatic carbocycles. The van der Waals surface area contributed by atoms with Crippen LogP contribution in [0.3, 0.4) is 0 Å². The molecule has 0 saturated carbocycles. The van der Waals surface area contributed by atoms with Crippen LogP contribution in [-0.2, 0) is 0 Å². The lowest BCUT2D eigenvalue weighted by atomic mass is 10.0. The lowest BCUT2D eigenvalue weighted by Crippen LogP contribution is -2.15. The Balaban J connectivity index is 1.88. The largest absolute Gasteiger partial charge is 0.333 e. The number of rotatable bonds is 4. The topological polar surface area (TPSA) is 46.9 Å². The molecule has 0 unspecified atom stereocenters. The summed E-state index contributed by atoms with van der Waals surface area (Å²) in [4.78, 5) is 12.3. The van der Waals surface area contributed by atoms with Crippen LogP contribution >= 0.6 is 0 Å². The number of nitrogens with zero attached hydrogens (tertiary/aromatic N) is 2. The number of hydrogen-bond donors (Lipinski definition) is 1. The van der Waals surface area contributed by atoms with Crippen LogP contribution in [0.25, 0.3) is 11.1 Å². The summed E-state index contributed by atoms with van der Waals surface area (Å²) in [6.45, 7) is 0.248.